The van der Waals surface area contributed by atoms with E-state index in [9.17, 15) is 0 Å². The minimum absolute atomic E-state index is 0.684. The van der Waals surface area contributed by atoms with Gasteiger partial charge in [-0.1, -0.05) is 42.1 Å². The molecule has 1 heterocycles. The molecule has 0 spiro atoms. The maximum atomic E-state index is 4.67. The molecule has 0 fully saturated rings. The Morgan fingerprint density at radius 3 is 2.88 bits per heavy atom. The van der Waals surface area contributed by atoms with Gasteiger partial charge in [0.2, 0.25) is 0 Å². The summed E-state index contributed by atoms with van der Waals surface area (Å²) >= 11 is 1.59. The maximum absolute atomic E-state index is 4.67. The Kier molecular flexibility index (Phi) is 3.71. The van der Waals surface area contributed by atoms with Crippen LogP contribution in [0.25, 0.3) is 0 Å². The fraction of sp³-hybridized carbons (Fsp3) is 0.182. The first-order chi connectivity index (χ1) is 7.90. The van der Waals surface area contributed by atoms with E-state index in [2.05, 4.69) is 32.1 Å². The molecule has 0 amide bonds. The first kappa shape index (κ1) is 10.9. The Balaban J connectivity index is 2.02. The second kappa shape index (κ2) is 5.46. The van der Waals surface area contributed by atoms with Gasteiger partial charge in [-0.15, -0.1) is 0 Å². The molecular formula is C11H11N3OS. The number of thioether (sulfide) groups is 1. The molecule has 0 saturated carbocycles. The van der Waals surface area contributed by atoms with Gasteiger partial charge in [-0.3, -0.25) is 4.99 Å². The number of nitrogens with zero attached hydrogens (tertiary/aromatic N) is 3. The zero-order valence-electron chi connectivity index (χ0n) is 8.83. The van der Waals surface area contributed by atoms with Crippen LogP contribution in [0.1, 0.15) is 11.3 Å². The summed E-state index contributed by atoms with van der Waals surface area (Å²) < 4.78 is 4.67. The van der Waals surface area contributed by atoms with Crippen LogP contribution < -0.4 is 0 Å². The van der Waals surface area contributed by atoms with E-state index in [0.29, 0.717) is 5.69 Å². The quantitative estimate of drug-likeness (QED) is 0.601. The highest BCUT2D eigenvalue weighted by atomic mass is 32.2. The molecule has 0 aliphatic heterocycles. The number of hydrogen-bond donors (Lipinski definition) is 0. The lowest BCUT2D eigenvalue weighted by Gasteiger charge is -1.97. The van der Waals surface area contributed by atoms with Crippen molar-refractivity contribution in [3.8, 4) is 0 Å². The summed E-state index contributed by atoms with van der Waals surface area (Å²) in [6.45, 7) is 0. The Bertz CT molecular complexity index is 467. The van der Waals surface area contributed by atoms with E-state index in [0.717, 1.165) is 10.8 Å². The van der Waals surface area contributed by atoms with Gasteiger partial charge in [0, 0.05) is 12.8 Å². The molecule has 82 valence electrons. The smallest absolute Gasteiger partial charge is 0.170 e. The summed E-state index contributed by atoms with van der Waals surface area (Å²) in [6, 6.07) is 10.2. The van der Waals surface area contributed by atoms with E-state index in [-0.39, 0.29) is 0 Å². The van der Waals surface area contributed by atoms with Gasteiger partial charge in [-0.05, 0) is 15.9 Å². The molecule has 4 nitrogen and oxygen atoms in total. The summed E-state index contributed by atoms with van der Waals surface area (Å²) in [5.74, 6) is 0.847. The summed E-state index contributed by atoms with van der Waals surface area (Å²) in [4.78, 5) is 3.89. The zero-order chi connectivity index (χ0) is 11.2. The lowest BCUT2D eigenvalue weighted by molar-refractivity contribution is 0.298. The SMILES string of the molecule is CN=Cc1nonc1SCc1ccccc1. The van der Waals surface area contributed by atoms with Crippen LogP contribution in [0.3, 0.4) is 0 Å². The van der Waals surface area contributed by atoms with Gasteiger partial charge in [-0.25, -0.2) is 4.63 Å². The molecule has 0 N–H and O–H groups in total. The van der Waals surface area contributed by atoms with Crippen LogP contribution in [-0.2, 0) is 5.75 Å². The van der Waals surface area contributed by atoms with Crippen LogP contribution in [0.2, 0.25) is 0 Å². The van der Waals surface area contributed by atoms with Crippen molar-refractivity contribution >= 4 is 18.0 Å². The van der Waals surface area contributed by atoms with E-state index in [1.807, 2.05) is 18.2 Å². The lowest BCUT2D eigenvalue weighted by atomic mass is 10.2. The van der Waals surface area contributed by atoms with Crippen molar-refractivity contribution in [1.82, 2.24) is 10.3 Å². The van der Waals surface area contributed by atoms with E-state index in [1.54, 1.807) is 25.0 Å². The first-order valence-corrected chi connectivity index (χ1v) is 5.80. The fourth-order valence-corrected chi connectivity index (χ4v) is 2.03. The van der Waals surface area contributed by atoms with Gasteiger partial charge >= 0.3 is 0 Å². The van der Waals surface area contributed by atoms with Crippen molar-refractivity contribution < 1.29 is 4.63 Å². The van der Waals surface area contributed by atoms with E-state index in [4.69, 9.17) is 0 Å². The molecule has 5 heteroatoms. The van der Waals surface area contributed by atoms with Gasteiger partial charge in [0.25, 0.3) is 0 Å². The predicted molar refractivity (Wildman–Crippen MR) is 63.8 cm³/mol. The van der Waals surface area contributed by atoms with Gasteiger partial charge in [0.05, 0.1) is 6.21 Å². The highest BCUT2D eigenvalue weighted by Gasteiger charge is 2.07. The van der Waals surface area contributed by atoms with Crippen LogP contribution >= 0.6 is 11.8 Å². The van der Waals surface area contributed by atoms with Gasteiger partial charge in [0.1, 0.15) is 0 Å². The Morgan fingerprint density at radius 2 is 2.12 bits per heavy atom. The molecule has 1 aromatic carbocycles. The largest absolute Gasteiger partial charge is 0.294 e. The van der Waals surface area contributed by atoms with Crippen molar-refractivity contribution in [2.24, 2.45) is 4.99 Å². The third kappa shape index (κ3) is 2.70. The minimum Gasteiger partial charge on any atom is -0.294 e. The van der Waals surface area contributed by atoms with Gasteiger partial charge in [-0.2, -0.15) is 0 Å². The molecule has 1 aromatic heterocycles. The predicted octanol–water partition coefficient (Wildman–Crippen LogP) is 2.41. The zero-order valence-corrected chi connectivity index (χ0v) is 9.65. The van der Waals surface area contributed by atoms with E-state index >= 15 is 0 Å². The summed E-state index contributed by atoms with van der Waals surface area (Å²) in [7, 11) is 1.69. The molecule has 0 atom stereocenters. The lowest BCUT2D eigenvalue weighted by Crippen LogP contribution is -1.86. The summed E-state index contributed by atoms with van der Waals surface area (Å²) in [5, 5.41) is 8.37. The highest BCUT2D eigenvalue weighted by molar-refractivity contribution is 7.98. The number of aliphatic imine (C=N–C) groups is 1. The molecule has 2 rings (SSSR count). The Hall–Kier alpha value is -1.62. The van der Waals surface area contributed by atoms with E-state index < -0.39 is 0 Å². The van der Waals surface area contributed by atoms with Crippen molar-refractivity contribution in [3.05, 3.63) is 41.6 Å². The monoisotopic (exact) mass is 233 g/mol. The molecule has 2 aromatic rings. The first-order valence-electron chi connectivity index (χ1n) is 4.81. The average molecular weight is 233 g/mol. The van der Waals surface area contributed by atoms with Crippen LogP contribution in [0.15, 0.2) is 45.0 Å². The molecule has 0 bridgehead atoms. The van der Waals surface area contributed by atoms with Crippen molar-refractivity contribution in [2.75, 3.05) is 7.05 Å². The van der Waals surface area contributed by atoms with Crippen LogP contribution in [0, 0.1) is 0 Å². The molecule has 0 aliphatic rings. The van der Waals surface area contributed by atoms with Crippen LogP contribution in [0.4, 0.5) is 0 Å². The van der Waals surface area contributed by atoms with Gasteiger partial charge < -0.3 is 0 Å². The number of aromatic nitrogens is 2. The highest BCUT2D eigenvalue weighted by Crippen LogP contribution is 2.22. The third-order valence-electron chi connectivity index (χ3n) is 1.95. The number of rotatable bonds is 4. The number of hydrogen-bond acceptors (Lipinski definition) is 5. The maximum Gasteiger partial charge on any atom is 0.170 e. The van der Waals surface area contributed by atoms with Crippen molar-refractivity contribution in [3.63, 3.8) is 0 Å². The normalized spacial score (nSPS) is 11.1. The average Bonchev–Trinajstić information content (AvgIpc) is 2.76. The second-order valence-corrected chi connectivity index (χ2v) is 4.08. The standard InChI is InChI=1S/C11H11N3OS/c1-12-7-10-11(14-15-13-10)16-8-9-5-3-2-4-6-9/h2-7H,8H2,1H3. The Labute approximate surface area is 97.7 Å². The molecule has 0 saturated heterocycles. The topological polar surface area (TPSA) is 51.3 Å². The van der Waals surface area contributed by atoms with Crippen LogP contribution in [0.5, 0.6) is 0 Å². The minimum atomic E-state index is 0.684. The van der Waals surface area contributed by atoms with Crippen molar-refractivity contribution in [2.45, 2.75) is 10.8 Å². The summed E-state index contributed by atoms with van der Waals surface area (Å²) in [5.41, 5.74) is 1.93. The Morgan fingerprint density at radius 1 is 1.31 bits per heavy atom. The molecule has 16 heavy (non-hydrogen) atoms. The van der Waals surface area contributed by atoms with Gasteiger partial charge in [0.15, 0.2) is 10.7 Å². The molecule has 0 unspecified atom stereocenters. The van der Waals surface area contributed by atoms with E-state index in [1.165, 1.54) is 5.56 Å². The third-order valence-corrected chi connectivity index (χ3v) is 2.99. The summed E-state index contributed by atoms with van der Waals surface area (Å²) in [6.07, 6.45) is 1.64. The van der Waals surface area contributed by atoms with Crippen LogP contribution in [-0.4, -0.2) is 23.6 Å². The number of benzene rings is 1. The molecular weight excluding hydrogens is 222 g/mol. The van der Waals surface area contributed by atoms with Crippen molar-refractivity contribution in [1.29, 1.82) is 0 Å². The molecule has 0 aliphatic carbocycles. The fourth-order valence-electron chi connectivity index (χ4n) is 1.21. The molecule has 0 radical (unpaired) electrons. The second-order valence-electron chi connectivity index (χ2n) is 3.12.